The van der Waals surface area contributed by atoms with Crippen LogP contribution in [0.1, 0.15) is 36.9 Å². The van der Waals surface area contributed by atoms with E-state index in [1.807, 2.05) is 36.1 Å². The van der Waals surface area contributed by atoms with Crippen molar-refractivity contribution in [1.29, 1.82) is 0 Å². The first-order valence-electron chi connectivity index (χ1n) is 9.14. The van der Waals surface area contributed by atoms with Gasteiger partial charge in [0, 0.05) is 18.2 Å². The highest BCUT2D eigenvalue weighted by Gasteiger charge is 2.32. The summed E-state index contributed by atoms with van der Waals surface area (Å²) in [6.07, 6.45) is 1.32. The van der Waals surface area contributed by atoms with Crippen LogP contribution in [0.25, 0.3) is 0 Å². The number of hydrogen-bond acceptors (Lipinski definition) is 3. The van der Waals surface area contributed by atoms with Crippen LogP contribution in [0.5, 0.6) is 5.75 Å². The number of aliphatic carboxylic acids is 1. The highest BCUT2D eigenvalue weighted by molar-refractivity contribution is 5.70. The van der Waals surface area contributed by atoms with Gasteiger partial charge in [-0.15, -0.1) is 0 Å². The first kappa shape index (κ1) is 19.3. The van der Waals surface area contributed by atoms with Crippen molar-refractivity contribution in [2.24, 2.45) is 5.92 Å². The van der Waals surface area contributed by atoms with Gasteiger partial charge in [-0.05, 0) is 50.1 Å². The van der Waals surface area contributed by atoms with E-state index >= 15 is 0 Å². The number of rotatable bonds is 6. The number of carbonyl (C=O) groups is 1. The third-order valence-corrected chi connectivity index (χ3v) is 4.93. The van der Waals surface area contributed by atoms with Gasteiger partial charge < -0.3 is 9.84 Å². The quantitative estimate of drug-likeness (QED) is 0.820. The molecule has 1 aliphatic rings. The summed E-state index contributed by atoms with van der Waals surface area (Å²) in [4.78, 5) is 13.4. The minimum absolute atomic E-state index is 0.323. The molecule has 0 spiro atoms. The summed E-state index contributed by atoms with van der Waals surface area (Å²) < 4.78 is 33.5. The van der Waals surface area contributed by atoms with Gasteiger partial charge in [-0.3, -0.25) is 9.69 Å². The second-order valence-corrected chi connectivity index (χ2v) is 6.74. The molecular weight excluding hydrogens is 352 g/mol. The van der Waals surface area contributed by atoms with Gasteiger partial charge in [0.1, 0.15) is 17.4 Å². The van der Waals surface area contributed by atoms with E-state index in [4.69, 9.17) is 4.74 Å². The number of carboxylic acids is 1. The van der Waals surface area contributed by atoms with Gasteiger partial charge in [-0.2, -0.15) is 0 Å². The molecule has 2 aromatic rings. The molecule has 0 bridgehead atoms. The Morgan fingerprint density at radius 2 is 2.00 bits per heavy atom. The summed E-state index contributed by atoms with van der Waals surface area (Å²) >= 11 is 0. The Labute approximate surface area is 157 Å². The Kier molecular flexibility index (Phi) is 6.06. The lowest BCUT2D eigenvalue weighted by molar-refractivity contribution is -0.143. The summed E-state index contributed by atoms with van der Waals surface area (Å²) in [7, 11) is 0. The largest absolute Gasteiger partial charge is 0.494 e. The van der Waals surface area contributed by atoms with E-state index in [0.29, 0.717) is 43.9 Å². The molecule has 0 aromatic heterocycles. The molecule has 1 fully saturated rings. The van der Waals surface area contributed by atoms with Gasteiger partial charge in [0.25, 0.3) is 0 Å². The third-order valence-electron chi connectivity index (χ3n) is 4.93. The number of benzene rings is 2. The van der Waals surface area contributed by atoms with E-state index in [0.717, 1.165) is 11.6 Å². The predicted octanol–water partition coefficient (Wildman–Crippen LogP) is 4.25. The van der Waals surface area contributed by atoms with E-state index in [1.165, 1.54) is 12.1 Å². The van der Waals surface area contributed by atoms with Crippen LogP contribution in [0, 0.1) is 17.6 Å². The maximum atomic E-state index is 14.6. The fraction of sp³-hybridized carbons (Fsp3) is 0.381. The van der Waals surface area contributed by atoms with Crippen LogP contribution in [-0.2, 0) is 4.79 Å². The highest BCUT2D eigenvalue weighted by Crippen LogP contribution is 2.35. The van der Waals surface area contributed by atoms with E-state index in [2.05, 4.69) is 0 Å². The lowest BCUT2D eigenvalue weighted by Gasteiger charge is -2.37. The van der Waals surface area contributed by atoms with Crippen LogP contribution >= 0.6 is 0 Å². The fourth-order valence-corrected chi connectivity index (χ4v) is 3.67. The molecule has 3 rings (SSSR count). The van der Waals surface area contributed by atoms with Crippen LogP contribution < -0.4 is 4.74 Å². The molecule has 0 saturated carbocycles. The third kappa shape index (κ3) is 4.45. The van der Waals surface area contributed by atoms with Crippen molar-refractivity contribution in [3.8, 4) is 5.75 Å². The SMILES string of the molecule is CCOc1ccc(C(c2ccc(F)cc2F)N2CCCC(C(=O)O)C2)cc1. The molecule has 0 radical (unpaired) electrons. The Bertz CT molecular complexity index is 795. The van der Waals surface area contributed by atoms with Crippen LogP contribution in [-0.4, -0.2) is 35.7 Å². The monoisotopic (exact) mass is 375 g/mol. The van der Waals surface area contributed by atoms with Gasteiger partial charge in [0.15, 0.2) is 0 Å². The van der Waals surface area contributed by atoms with Crippen molar-refractivity contribution in [1.82, 2.24) is 4.90 Å². The average molecular weight is 375 g/mol. The van der Waals surface area contributed by atoms with Gasteiger partial charge in [0.05, 0.1) is 18.6 Å². The molecule has 2 unspecified atom stereocenters. The molecule has 6 heteroatoms. The minimum atomic E-state index is -0.843. The molecule has 0 amide bonds. The Morgan fingerprint density at radius 1 is 1.26 bits per heavy atom. The van der Waals surface area contributed by atoms with E-state index < -0.39 is 29.6 Å². The zero-order chi connectivity index (χ0) is 19.4. The zero-order valence-electron chi connectivity index (χ0n) is 15.2. The molecular formula is C21H23F2NO3. The molecule has 2 atom stereocenters. The summed E-state index contributed by atoms with van der Waals surface area (Å²) in [6, 6.07) is 10.4. The number of nitrogens with zero attached hydrogens (tertiary/aromatic N) is 1. The van der Waals surface area contributed by atoms with Crippen molar-refractivity contribution in [3.63, 3.8) is 0 Å². The number of ether oxygens (including phenoxy) is 1. The Hall–Kier alpha value is -2.47. The number of carboxylic acid groups (broad SMARTS) is 1. The Balaban J connectivity index is 1.99. The molecule has 144 valence electrons. The second-order valence-electron chi connectivity index (χ2n) is 6.74. The van der Waals surface area contributed by atoms with Crippen molar-refractivity contribution >= 4 is 5.97 Å². The summed E-state index contributed by atoms with van der Waals surface area (Å²) in [5, 5.41) is 9.40. The summed E-state index contributed by atoms with van der Waals surface area (Å²) in [6.45, 7) is 3.41. The maximum absolute atomic E-state index is 14.6. The number of halogens is 2. The lowest BCUT2D eigenvalue weighted by atomic mass is 9.91. The molecule has 1 aliphatic heterocycles. The van der Waals surface area contributed by atoms with Crippen LogP contribution in [0.2, 0.25) is 0 Å². The predicted molar refractivity (Wildman–Crippen MR) is 97.7 cm³/mol. The van der Waals surface area contributed by atoms with Crippen LogP contribution in [0.3, 0.4) is 0 Å². The minimum Gasteiger partial charge on any atom is -0.494 e. The normalized spacial score (nSPS) is 18.9. The molecule has 2 aromatic carbocycles. The molecule has 1 N–H and O–H groups in total. The summed E-state index contributed by atoms with van der Waals surface area (Å²) in [5.74, 6) is -1.89. The van der Waals surface area contributed by atoms with Gasteiger partial charge in [-0.25, -0.2) is 8.78 Å². The number of hydrogen-bond donors (Lipinski definition) is 1. The molecule has 0 aliphatic carbocycles. The van der Waals surface area contributed by atoms with E-state index in [9.17, 15) is 18.7 Å². The lowest BCUT2D eigenvalue weighted by Crippen LogP contribution is -2.41. The second kappa shape index (κ2) is 8.48. The number of piperidine rings is 1. The number of likely N-dealkylation sites (tertiary alicyclic amines) is 1. The van der Waals surface area contributed by atoms with Crippen molar-refractivity contribution in [2.75, 3.05) is 19.7 Å². The molecule has 27 heavy (non-hydrogen) atoms. The zero-order valence-corrected chi connectivity index (χ0v) is 15.2. The molecule has 4 nitrogen and oxygen atoms in total. The Morgan fingerprint density at radius 3 is 2.63 bits per heavy atom. The van der Waals surface area contributed by atoms with E-state index in [-0.39, 0.29) is 0 Å². The van der Waals surface area contributed by atoms with Crippen LogP contribution in [0.15, 0.2) is 42.5 Å². The molecule has 1 heterocycles. The van der Waals surface area contributed by atoms with Crippen molar-refractivity contribution < 1.29 is 23.4 Å². The van der Waals surface area contributed by atoms with Crippen molar-refractivity contribution in [3.05, 3.63) is 65.2 Å². The van der Waals surface area contributed by atoms with Crippen molar-refractivity contribution in [2.45, 2.75) is 25.8 Å². The molecule has 1 saturated heterocycles. The first-order chi connectivity index (χ1) is 13.0. The smallest absolute Gasteiger partial charge is 0.307 e. The van der Waals surface area contributed by atoms with Crippen LogP contribution in [0.4, 0.5) is 8.78 Å². The first-order valence-corrected chi connectivity index (χ1v) is 9.14. The summed E-state index contributed by atoms with van der Waals surface area (Å²) in [5.41, 5.74) is 1.15. The fourth-order valence-electron chi connectivity index (χ4n) is 3.67. The van der Waals surface area contributed by atoms with Gasteiger partial charge in [-0.1, -0.05) is 18.2 Å². The maximum Gasteiger partial charge on any atom is 0.307 e. The van der Waals surface area contributed by atoms with Gasteiger partial charge >= 0.3 is 5.97 Å². The topological polar surface area (TPSA) is 49.8 Å². The van der Waals surface area contributed by atoms with E-state index in [1.54, 1.807) is 0 Å². The van der Waals surface area contributed by atoms with Gasteiger partial charge in [0.2, 0.25) is 0 Å². The highest BCUT2D eigenvalue weighted by atomic mass is 19.1. The standard InChI is InChI=1S/C21H23F2NO3/c1-2-27-17-8-5-14(6-9-17)20(18-10-7-16(22)12-19(18)23)24-11-3-4-15(13-24)21(25)26/h5-10,12,15,20H,2-4,11,13H2,1H3,(H,25,26). The average Bonchev–Trinajstić information content (AvgIpc) is 2.65.